The van der Waals surface area contributed by atoms with E-state index in [1.807, 2.05) is 18.7 Å². The van der Waals surface area contributed by atoms with Crippen LogP contribution in [0.25, 0.3) is 0 Å². The second-order valence-corrected chi connectivity index (χ2v) is 8.36. The van der Waals surface area contributed by atoms with Crippen molar-refractivity contribution in [3.63, 3.8) is 0 Å². The van der Waals surface area contributed by atoms with Crippen LogP contribution >= 0.6 is 0 Å². The van der Waals surface area contributed by atoms with Crippen LogP contribution < -0.4 is 10.5 Å². The monoisotopic (exact) mass is 353 g/mol. The second-order valence-electron chi connectivity index (χ2n) is 6.59. The quantitative estimate of drug-likeness (QED) is 0.801. The second kappa shape index (κ2) is 8.09. The summed E-state index contributed by atoms with van der Waals surface area (Å²) in [6.45, 7) is 5.73. The molecule has 1 amide bonds. The number of amides is 1. The summed E-state index contributed by atoms with van der Waals surface area (Å²) in [6, 6.07) is 6.78. The number of nitrogens with zero attached hydrogens (tertiary/aromatic N) is 1. The van der Waals surface area contributed by atoms with E-state index < -0.39 is 10.0 Å². The van der Waals surface area contributed by atoms with Gasteiger partial charge in [0, 0.05) is 32.1 Å². The molecule has 1 aliphatic heterocycles. The van der Waals surface area contributed by atoms with Crippen molar-refractivity contribution in [1.82, 2.24) is 9.62 Å². The van der Waals surface area contributed by atoms with Gasteiger partial charge in [-0.2, -0.15) is 0 Å². The standard InChI is InChI=1S/C17H27N3O3S/c1-13-5-7-16(8-6-13)24(22,23)19-11-15-4-3-9-20(12-15)17(21)14(2)10-18/h5-8,14-15,19H,3-4,9-12,18H2,1-2H3. The van der Waals surface area contributed by atoms with E-state index in [-0.39, 0.29) is 22.6 Å². The summed E-state index contributed by atoms with van der Waals surface area (Å²) in [5.74, 6) is 0.00416. The van der Waals surface area contributed by atoms with Gasteiger partial charge in [0.25, 0.3) is 0 Å². The number of hydrogen-bond donors (Lipinski definition) is 2. The molecule has 3 N–H and O–H groups in total. The third-order valence-corrected chi connectivity index (χ3v) is 5.94. The van der Waals surface area contributed by atoms with Crippen LogP contribution in [0, 0.1) is 18.8 Å². The third kappa shape index (κ3) is 4.78. The molecule has 0 saturated carbocycles. The van der Waals surface area contributed by atoms with Crippen LogP contribution in [-0.2, 0) is 14.8 Å². The largest absolute Gasteiger partial charge is 0.342 e. The van der Waals surface area contributed by atoms with E-state index in [1.165, 1.54) is 0 Å². The Morgan fingerprint density at radius 1 is 1.38 bits per heavy atom. The van der Waals surface area contributed by atoms with Gasteiger partial charge in [-0.3, -0.25) is 4.79 Å². The van der Waals surface area contributed by atoms with E-state index in [2.05, 4.69) is 4.72 Å². The van der Waals surface area contributed by atoms with Gasteiger partial charge in [0.2, 0.25) is 15.9 Å². The predicted octanol–water partition coefficient (Wildman–Crippen LogP) is 1.11. The minimum atomic E-state index is -3.51. The first-order chi connectivity index (χ1) is 11.3. The number of sulfonamides is 1. The van der Waals surface area contributed by atoms with Gasteiger partial charge in [0.05, 0.1) is 4.90 Å². The lowest BCUT2D eigenvalue weighted by Gasteiger charge is -2.34. The molecule has 0 spiro atoms. The van der Waals surface area contributed by atoms with E-state index in [9.17, 15) is 13.2 Å². The van der Waals surface area contributed by atoms with Gasteiger partial charge in [0.1, 0.15) is 0 Å². The molecule has 1 saturated heterocycles. The molecule has 0 radical (unpaired) electrons. The first-order valence-corrected chi connectivity index (χ1v) is 9.87. The first kappa shape index (κ1) is 18.9. The highest BCUT2D eigenvalue weighted by Crippen LogP contribution is 2.19. The Labute approximate surface area is 144 Å². The summed E-state index contributed by atoms with van der Waals surface area (Å²) < 4.78 is 27.4. The van der Waals surface area contributed by atoms with Crippen LogP contribution in [-0.4, -0.2) is 45.4 Å². The highest BCUT2D eigenvalue weighted by Gasteiger charge is 2.27. The van der Waals surface area contributed by atoms with Gasteiger partial charge < -0.3 is 10.6 Å². The molecule has 1 aromatic rings. The summed E-state index contributed by atoms with van der Waals surface area (Å²) in [5, 5.41) is 0. The SMILES string of the molecule is Cc1ccc(S(=O)(=O)NCC2CCCN(C(=O)C(C)CN)C2)cc1. The van der Waals surface area contributed by atoms with Crippen LogP contribution in [0.15, 0.2) is 29.2 Å². The fourth-order valence-electron chi connectivity index (χ4n) is 2.87. The lowest BCUT2D eigenvalue weighted by Crippen LogP contribution is -2.46. The Morgan fingerprint density at radius 2 is 2.04 bits per heavy atom. The molecule has 2 atom stereocenters. The molecule has 2 rings (SSSR count). The van der Waals surface area contributed by atoms with Gasteiger partial charge in [-0.1, -0.05) is 24.6 Å². The summed E-state index contributed by atoms with van der Waals surface area (Å²) in [7, 11) is -3.51. The van der Waals surface area contributed by atoms with Crippen molar-refractivity contribution < 1.29 is 13.2 Å². The predicted molar refractivity (Wildman–Crippen MR) is 93.9 cm³/mol. The maximum atomic E-state index is 12.3. The van der Waals surface area contributed by atoms with Gasteiger partial charge in [-0.05, 0) is 37.8 Å². The number of rotatable bonds is 6. The average Bonchev–Trinajstić information content (AvgIpc) is 2.59. The van der Waals surface area contributed by atoms with Gasteiger partial charge in [-0.15, -0.1) is 0 Å². The molecule has 7 heteroatoms. The number of piperidine rings is 1. The normalized spacial score (nSPS) is 20.0. The molecule has 134 valence electrons. The van der Waals surface area contributed by atoms with Crippen LogP contribution in [0.3, 0.4) is 0 Å². The van der Waals surface area contributed by atoms with Gasteiger partial charge >= 0.3 is 0 Å². The molecule has 0 aromatic heterocycles. The Hall–Kier alpha value is -1.44. The highest BCUT2D eigenvalue weighted by molar-refractivity contribution is 7.89. The number of aryl methyl sites for hydroxylation is 1. The summed E-state index contributed by atoms with van der Waals surface area (Å²) >= 11 is 0. The highest BCUT2D eigenvalue weighted by atomic mass is 32.2. The molecule has 24 heavy (non-hydrogen) atoms. The average molecular weight is 353 g/mol. The number of benzene rings is 1. The smallest absolute Gasteiger partial charge is 0.240 e. The molecule has 0 aliphatic carbocycles. The molecule has 1 fully saturated rings. The fourth-order valence-corrected chi connectivity index (χ4v) is 3.99. The summed E-state index contributed by atoms with van der Waals surface area (Å²) in [4.78, 5) is 14.3. The minimum Gasteiger partial charge on any atom is -0.342 e. The zero-order valence-electron chi connectivity index (χ0n) is 14.4. The molecule has 1 aliphatic rings. The van der Waals surface area contributed by atoms with Crippen LogP contribution in [0.4, 0.5) is 0 Å². The molecule has 6 nitrogen and oxygen atoms in total. The molecule has 1 heterocycles. The van der Waals surface area contributed by atoms with E-state index >= 15 is 0 Å². The molecular formula is C17H27N3O3S. The maximum Gasteiger partial charge on any atom is 0.240 e. The number of hydrogen-bond acceptors (Lipinski definition) is 4. The number of nitrogens with one attached hydrogen (secondary N) is 1. The zero-order chi connectivity index (χ0) is 17.7. The van der Waals surface area contributed by atoms with Crippen molar-refractivity contribution in [1.29, 1.82) is 0 Å². The minimum absolute atomic E-state index is 0.0589. The molecule has 0 bridgehead atoms. The van der Waals surface area contributed by atoms with Gasteiger partial charge in [-0.25, -0.2) is 13.1 Å². The third-order valence-electron chi connectivity index (χ3n) is 4.50. The van der Waals surface area contributed by atoms with Crippen LogP contribution in [0.5, 0.6) is 0 Å². The van der Waals surface area contributed by atoms with E-state index in [0.29, 0.717) is 19.6 Å². The van der Waals surface area contributed by atoms with Gasteiger partial charge in [0.15, 0.2) is 0 Å². The number of carbonyl (C=O) groups excluding carboxylic acids is 1. The topological polar surface area (TPSA) is 92.5 Å². The molecule has 1 aromatic carbocycles. The van der Waals surface area contributed by atoms with Crippen molar-refractivity contribution in [3.05, 3.63) is 29.8 Å². The van der Waals surface area contributed by atoms with E-state index in [1.54, 1.807) is 24.3 Å². The van der Waals surface area contributed by atoms with Crippen molar-refractivity contribution in [2.45, 2.75) is 31.6 Å². The number of carbonyl (C=O) groups is 1. The Bertz CT molecular complexity index is 658. The Kier molecular flexibility index (Phi) is 6.37. The number of nitrogens with two attached hydrogens (primary N) is 1. The lowest BCUT2D eigenvalue weighted by atomic mass is 9.97. The Balaban J connectivity index is 1.93. The molecule has 2 unspecified atom stereocenters. The fraction of sp³-hybridized carbons (Fsp3) is 0.588. The Morgan fingerprint density at radius 3 is 2.67 bits per heavy atom. The zero-order valence-corrected chi connectivity index (χ0v) is 15.2. The first-order valence-electron chi connectivity index (χ1n) is 8.38. The van der Waals surface area contributed by atoms with Crippen molar-refractivity contribution in [2.75, 3.05) is 26.2 Å². The summed E-state index contributed by atoms with van der Waals surface area (Å²) in [5.41, 5.74) is 6.58. The number of likely N-dealkylation sites (tertiary alicyclic amines) is 1. The van der Waals surface area contributed by atoms with E-state index in [4.69, 9.17) is 5.73 Å². The van der Waals surface area contributed by atoms with Crippen LogP contribution in [0.2, 0.25) is 0 Å². The van der Waals surface area contributed by atoms with E-state index in [0.717, 1.165) is 24.9 Å². The van der Waals surface area contributed by atoms with Crippen molar-refractivity contribution in [3.8, 4) is 0 Å². The molecular weight excluding hydrogens is 326 g/mol. The maximum absolute atomic E-state index is 12.3. The summed E-state index contributed by atoms with van der Waals surface area (Å²) in [6.07, 6.45) is 1.80. The van der Waals surface area contributed by atoms with Crippen LogP contribution in [0.1, 0.15) is 25.3 Å². The lowest BCUT2D eigenvalue weighted by molar-refractivity contribution is -0.136. The van der Waals surface area contributed by atoms with Crippen molar-refractivity contribution >= 4 is 15.9 Å². The van der Waals surface area contributed by atoms with Crippen molar-refractivity contribution in [2.24, 2.45) is 17.6 Å².